The van der Waals surface area contributed by atoms with Gasteiger partial charge in [0.2, 0.25) is 5.91 Å². The van der Waals surface area contributed by atoms with Gasteiger partial charge in [-0.05, 0) is 37.3 Å². The topological polar surface area (TPSA) is 33.2 Å². The van der Waals surface area contributed by atoms with Gasteiger partial charge in [0.1, 0.15) is 5.01 Å². The second kappa shape index (κ2) is 6.83. The largest absolute Gasteiger partial charge is 0.333 e. The Morgan fingerprint density at radius 2 is 2.04 bits per heavy atom. The number of para-hydroxylation sites is 1. The van der Waals surface area contributed by atoms with E-state index in [9.17, 15) is 4.79 Å². The molecule has 1 amide bonds. The first-order valence-corrected chi connectivity index (χ1v) is 9.11. The molecule has 0 N–H and O–H groups in total. The molecular weight excluding hydrogens is 348 g/mol. The number of thiazole rings is 1. The molecular formula is C17H15ClN2OS2. The number of amides is 1. The minimum atomic E-state index is -0.0727. The maximum Gasteiger partial charge on any atom is 0.246 e. The maximum atomic E-state index is 12.3. The number of fused-ring (bicyclic) bond motifs is 1. The van der Waals surface area contributed by atoms with Gasteiger partial charge in [0.15, 0.2) is 0 Å². The minimum absolute atomic E-state index is 0.0544. The zero-order valence-electron chi connectivity index (χ0n) is 12.7. The average molecular weight is 363 g/mol. The number of hydrogen-bond donors (Lipinski definition) is 0. The van der Waals surface area contributed by atoms with Crippen molar-refractivity contribution in [1.82, 2.24) is 9.88 Å². The van der Waals surface area contributed by atoms with E-state index in [1.165, 1.54) is 11.3 Å². The maximum absolute atomic E-state index is 12.3. The summed E-state index contributed by atoms with van der Waals surface area (Å²) in [6.45, 7) is 1.99. The summed E-state index contributed by atoms with van der Waals surface area (Å²) >= 11 is 8.96. The van der Waals surface area contributed by atoms with Crippen LogP contribution in [-0.4, -0.2) is 22.8 Å². The van der Waals surface area contributed by atoms with E-state index in [4.69, 9.17) is 11.6 Å². The van der Waals surface area contributed by atoms with Gasteiger partial charge in [0.05, 0.1) is 20.6 Å². The highest BCUT2D eigenvalue weighted by atomic mass is 35.5. The van der Waals surface area contributed by atoms with E-state index in [0.717, 1.165) is 20.1 Å². The smallest absolute Gasteiger partial charge is 0.246 e. The monoisotopic (exact) mass is 362 g/mol. The molecule has 3 nitrogen and oxygen atoms in total. The Balaban J connectivity index is 1.74. The Morgan fingerprint density at radius 1 is 1.26 bits per heavy atom. The van der Waals surface area contributed by atoms with Gasteiger partial charge in [0, 0.05) is 18.0 Å². The van der Waals surface area contributed by atoms with Gasteiger partial charge >= 0.3 is 0 Å². The summed E-state index contributed by atoms with van der Waals surface area (Å²) in [4.78, 5) is 19.6. The first-order valence-electron chi connectivity index (χ1n) is 7.10. The Morgan fingerprint density at radius 3 is 2.74 bits per heavy atom. The van der Waals surface area contributed by atoms with Gasteiger partial charge in [-0.2, -0.15) is 0 Å². The number of rotatable bonds is 4. The van der Waals surface area contributed by atoms with Gasteiger partial charge in [-0.3, -0.25) is 4.79 Å². The number of nitrogens with zero attached hydrogens (tertiary/aromatic N) is 2. The summed E-state index contributed by atoms with van der Waals surface area (Å²) in [7, 11) is 1.80. The van der Waals surface area contributed by atoms with E-state index in [1.807, 2.05) is 43.3 Å². The molecule has 3 rings (SSSR count). The fourth-order valence-corrected chi connectivity index (χ4v) is 4.14. The quantitative estimate of drug-likeness (QED) is 0.594. The Bertz CT molecular complexity index is 835. The van der Waals surface area contributed by atoms with E-state index in [2.05, 4.69) is 4.98 Å². The molecule has 23 heavy (non-hydrogen) atoms. The standard InChI is InChI=1S/C17H15ClN2OS2/c1-11(17-19-13-5-3-4-6-14(13)23-17)20(2)16(21)10-8-12-7-9-15(18)22-12/h3-11H,1-2H3/b10-8+. The summed E-state index contributed by atoms with van der Waals surface area (Å²) in [5, 5.41) is 0.939. The van der Waals surface area contributed by atoms with Gasteiger partial charge in [0.25, 0.3) is 0 Å². The number of halogens is 1. The normalized spacial score (nSPS) is 12.8. The number of hydrogen-bond acceptors (Lipinski definition) is 4. The van der Waals surface area contributed by atoms with Crippen molar-refractivity contribution in [2.75, 3.05) is 7.05 Å². The fourth-order valence-electron chi connectivity index (χ4n) is 2.11. The van der Waals surface area contributed by atoms with Crippen LogP contribution in [0.15, 0.2) is 42.5 Å². The lowest BCUT2D eigenvalue weighted by Gasteiger charge is -2.21. The highest BCUT2D eigenvalue weighted by Crippen LogP contribution is 2.29. The molecule has 0 fully saturated rings. The summed E-state index contributed by atoms with van der Waals surface area (Å²) in [5.41, 5.74) is 0.976. The summed E-state index contributed by atoms with van der Waals surface area (Å²) in [5.74, 6) is -0.0544. The molecule has 0 radical (unpaired) electrons. The van der Waals surface area contributed by atoms with Crippen molar-refractivity contribution in [3.05, 3.63) is 56.7 Å². The van der Waals surface area contributed by atoms with Gasteiger partial charge in [-0.15, -0.1) is 22.7 Å². The Hall–Kier alpha value is -1.69. The third-order valence-corrected chi connectivity index (χ3v) is 5.98. The lowest BCUT2D eigenvalue weighted by Crippen LogP contribution is -2.27. The number of benzene rings is 1. The van der Waals surface area contributed by atoms with E-state index < -0.39 is 0 Å². The lowest BCUT2D eigenvalue weighted by atomic mass is 10.3. The number of thiophene rings is 1. The van der Waals surface area contributed by atoms with Crippen LogP contribution in [0.3, 0.4) is 0 Å². The minimum Gasteiger partial charge on any atom is -0.333 e. The van der Waals surface area contributed by atoms with Crippen LogP contribution in [0.5, 0.6) is 0 Å². The van der Waals surface area contributed by atoms with E-state index in [1.54, 1.807) is 35.4 Å². The summed E-state index contributed by atoms with van der Waals surface area (Å²) < 4.78 is 1.85. The molecule has 0 aliphatic heterocycles. The first-order chi connectivity index (χ1) is 11.0. The second-order valence-electron chi connectivity index (χ2n) is 5.12. The Kier molecular flexibility index (Phi) is 4.80. The van der Waals surface area contributed by atoms with Gasteiger partial charge < -0.3 is 4.90 Å². The molecule has 1 aromatic carbocycles. The molecule has 118 valence electrons. The van der Waals surface area contributed by atoms with Gasteiger partial charge in [-0.25, -0.2) is 4.98 Å². The molecule has 0 spiro atoms. The molecule has 0 aliphatic rings. The van der Waals surface area contributed by atoms with Crippen molar-refractivity contribution < 1.29 is 4.79 Å². The second-order valence-corrected chi connectivity index (χ2v) is 7.93. The molecule has 0 bridgehead atoms. The summed E-state index contributed by atoms with van der Waals surface area (Å²) in [6, 6.07) is 11.7. The molecule has 0 saturated carbocycles. The molecule has 6 heteroatoms. The van der Waals surface area contributed by atoms with Crippen LogP contribution in [0.4, 0.5) is 0 Å². The predicted octanol–water partition coefficient (Wildman–Crippen LogP) is 5.24. The first kappa shape index (κ1) is 16.2. The molecule has 3 aromatic rings. The van der Waals surface area contributed by atoms with Crippen LogP contribution >= 0.6 is 34.3 Å². The lowest BCUT2D eigenvalue weighted by molar-refractivity contribution is -0.126. The molecule has 0 saturated heterocycles. The van der Waals surface area contributed by atoms with Crippen molar-refractivity contribution in [1.29, 1.82) is 0 Å². The molecule has 2 heterocycles. The highest BCUT2D eigenvalue weighted by Gasteiger charge is 2.19. The predicted molar refractivity (Wildman–Crippen MR) is 99.2 cm³/mol. The van der Waals surface area contributed by atoms with Gasteiger partial charge in [-0.1, -0.05) is 23.7 Å². The zero-order valence-corrected chi connectivity index (χ0v) is 15.1. The highest BCUT2D eigenvalue weighted by molar-refractivity contribution is 7.18. The number of carbonyl (C=O) groups excluding carboxylic acids is 1. The molecule has 1 unspecified atom stereocenters. The van der Waals surface area contributed by atoms with Crippen molar-refractivity contribution >= 4 is 56.5 Å². The van der Waals surface area contributed by atoms with Crippen LogP contribution in [0.1, 0.15) is 22.9 Å². The van der Waals surface area contributed by atoms with Crippen LogP contribution in [0.2, 0.25) is 4.34 Å². The number of likely N-dealkylation sites (N-methyl/N-ethyl adjacent to an activating group) is 1. The number of carbonyl (C=O) groups is 1. The van der Waals surface area contributed by atoms with E-state index >= 15 is 0 Å². The Labute approximate surface area is 147 Å². The molecule has 2 aromatic heterocycles. The third kappa shape index (κ3) is 3.63. The molecule has 1 atom stereocenters. The fraction of sp³-hybridized carbons (Fsp3) is 0.176. The zero-order chi connectivity index (χ0) is 16.4. The van der Waals surface area contributed by atoms with Crippen LogP contribution in [-0.2, 0) is 4.79 Å². The number of aromatic nitrogens is 1. The summed E-state index contributed by atoms with van der Waals surface area (Å²) in [6.07, 6.45) is 3.37. The van der Waals surface area contributed by atoms with Crippen LogP contribution in [0.25, 0.3) is 16.3 Å². The average Bonchev–Trinajstić information content (AvgIpc) is 3.16. The van der Waals surface area contributed by atoms with E-state index in [0.29, 0.717) is 4.34 Å². The van der Waals surface area contributed by atoms with E-state index in [-0.39, 0.29) is 11.9 Å². The van der Waals surface area contributed by atoms with Crippen molar-refractivity contribution in [2.24, 2.45) is 0 Å². The van der Waals surface area contributed by atoms with Crippen LogP contribution in [0, 0.1) is 0 Å². The van der Waals surface area contributed by atoms with Crippen LogP contribution < -0.4 is 0 Å². The third-order valence-electron chi connectivity index (χ3n) is 3.58. The van der Waals surface area contributed by atoms with Crippen molar-refractivity contribution in [3.63, 3.8) is 0 Å². The van der Waals surface area contributed by atoms with Crippen molar-refractivity contribution in [2.45, 2.75) is 13.0 Å². The molecule has 0 aliphatic carbocycles. The van der Waals surface area contributed by atoms with Crippen molar-refractivity contribution in [3.8, 4) is 0 Å². The SMILES string of the molecule is CC(c1nc2ccccc2s1)N(C)C(=O)/C=C/c1ccc(Cl)s1.